The molecule has 0 fully saturated rings. The first-order valence-corrected chi connectivity index (χ1v) is 6.13. The molecule has 2 N–H and O–H groups in total. The van der Waals surface area contributed by atoms with Crippen molar-refractivity contribution in [1.29, 1.82) is 0 Å². The van der Waals surface area contributed by atoms with Crippen LogP contribution in [0.5, 0.6) is 0 Å². The third-order valence-corrected chi connectivity index (χ3v) is 3.17. The second kappa shape index (κ2) is 4.74. The lowest BCUT2D eigenvalue weighted by atomic mass is 9.98. The van der Waals surface area contributed by atoms with Crippen molar-refractivity contribution in [3.05, 3.63) is 66.0 Å². The molecule has 0 aliphatic rings. The van der Waals surface area contributed by atoms with Gasteiger partial charge < -0.3 is 5.73 Å². The van der Waals surface area contributed by atoms with Crippen molar-refractivity contribution >= 4 is 10.8 Å². The Hall–Kier alpha value is -2.33. The molecule has 1 unspecified atom stereocenters. The molecular formula is C15H14N4. The Bertz CT molecular complexity index is 719. The van der Waals surface area contributed by atoms with Crippen molar-refractivity contribution in [2.75, 3.05) is 0 Å². The van der Waals surface area contributed by atoms with Gasteiger partial charge in [-0.3, -0.25) is 4.98 Å². The number of aromatic nitrogens is 3. The third kappa shape index (κ3) is 2.18. The summed E-state index contributed by atoms with van der Waals surface area (Å²) in [5.74, 6) is 0.728. The van der Waals surface area contributed by atoms with E-state index in [2.05, 4.69) is 21.0 Å². The molecule has 0 saturated heterocycles. The molecule has 0 bridgehead atoms. The highest BCUT2D eigenvalue weighted by Crippen LogP contribution is 2.25. The van der Waals surface area contributed by atoms with Crippen LogP contribution in [0.3, 0.4) is 0 Å². The van der Waals surface area contributed by atoms with E-state index in [1.54, 1.807) is 12.4 Å². The lowest BCUT2D eigenvalue weighted by Crippen LogP contribution is -2.14. The molecule has 1 aromatic carbocycles. The number of fused-ring (bicyclic) bond motifs is 1. The van der Waals surface area contributed by atoms with Gasteiger partial charge in [0, 0.05) is 24.0 Å². The summed E-state index contributed by atoms with van der Waals surface area (Å²) >= 11 is 0. The Morgan fingerprint density at radius 2 is 2.00 bits per heavy atom. The van der Waals surface area contributed by atoms with E-state index in [0.29, 0.717) is 0 Å². The Morgan fingerprint density at radius 1 is 1.11 bits per heavy atom. The van der Waals surface area contributed by atoms with Crippen LogP contribution in [0.25, 0.3) is 10.8 Å². The topological polar surface area (TPSA) is 64.7 Å². The zero-order valence-electron chi connectivity index (χ0n) is 10.6. The Balaban J connectivity index is 2.14. The Morgan fingerprint density at radius 3 is 2.84 bits per heavy atom. The molecule has 2 aromatic heterocycles. The van der Waals surface area contributed by atoms with Gasteiger partial charge in [-0.15, -0.1) is 0 Å². The number of hydrogen-bond acceptors (Lipinski definition) is 4. The fourth-order valence-corrected chi connectivity index (χ4v) is 2.22. The summed E-state index contributed by atoms with van der Waals surface area (Å²) < 4.78 is 0. The fraction of sp³-hybridized carbons (Fsp3) is 0.133. The minimum atomic E-state index is -0.269. The summed E-state index contributed by atoms with van der Waals surface area (Å²) in [7, 11) is 0. The molecule has 0 spiro atoms. The molecule has 4 nitrogen and oxygen atoms in total. The standard InChI is InChI=1S/C15H14N4/c1-10-18-8-6-14(19-10)15(16)12-4-2-3-11-5-7-17-9-13(11)12/h2-9,15H,16H2,1H3. The number of nitrogens with zero attached hydrogens (tertiary/aromatic N) is 3. The molecular weight excluding hydrogens is 236 g/mol. The first-order chi connectivity index (χ1) is 9.25. The van der Waals surface area contributed by atoms with Crippen LogP contribution in [0.1, 0.15) is 23.1 Å². The number of rotatable bonds is 2. The minimum Gasteiger partial charge on any atom is -0.319 e. The second-order valence-corrected chi connectivity index (χ2v) is 4.45. The molecule has 94 valence electrons. The normalized spacial score (nSPS) is 12.5. The number of pyridine rings is 1. The largest absolute Gasteiger partial charge is 0.319 e. The highest BCUT2D eigenvalue weighted by molar-refractivity contribution is 5.85. The second-order valence-electron chi connectivity index (χ2n) is 4.45. The lowest BCUT2D eigenvalue weighted by Gasteiger charge is -2.14. The predicted molar refractivity (Wildman–Crippen MR) is 74.5 cm³/mol. The smallest absolute Gasteiger partial charge is 0.125 e. The molecule has 19 heavy (non-hydrogen) atoms. The van der Waals surface area contributed by atoms with E-state index in [1.807, 2.05) is 37.4 Å². The summed E-state index contributed by atoms with van der Waals surface area (Å²) in [6, 6.07) is 9.65. The van der Waals surface area contributed by atoms with Crippen molar-refractivity contribution in [2.45, 2.75) is 13.0 Å². The maximum Gasteiger partial charge on any atom is 0.125 e. The quantitative estimate of drug-likeness (QED) is 0.758. The molecule has 3 rings (SSSR count). The van der Waals surface area contributed by atoms with Gasteiger partial charge in [0.25, 0.3) is 0 Å². The van der Waals surface area contributed by atoms with E-state index in [9.17, 15) is 0 Å². The minimum absolute atomic E-state index is 0.269. The summed E-state index contributed by atoms with van der Waals surface area (Å²) in [6.07, 6.45) is 5.37. The van der Waals surface area contributed by atoms with Gasteiger partial charge in [0.15, 0.2) is 0 Å². The van der Waals surface area contributed by atoms with Crippen molar-refractivity contribution < 1.29 is 0 Å². The number of aryl methyl sites for hydroxylation is 1. The molecule has 0 saturated carbocycles. The van der Waals surface area contributed by atoms with Crippen LogP contribution < -0.4 is 5.73 Å². The highest BCUT2D eigenvalue weighted by atomic mass is 14.9. The van der Waals surface area contributed by atoms with E-state index in [-0.39, 0.29) is 6.04 Å². The van der Waals surface area contributed by atoms with Crippen molar-refractivity contribution in [3.63, 3.8) is 0 Å². The average molecular weight is 250 g/mol. The summed E-state index contributed by atoms with van der Waals surface area (Å²) in [4.78, 5) is 12.7. The third-order valence-electron chi connectivity index (χ3n) is 3.17. The molecule has 4 heteroatoms. The Kier molecular flexibility index (Phi) is 2.93. The summed E-state index contributed by atoms with van der Waals surface area (Å²) in [6.45, 7) is 1.86. The zero-order valence-corrected chi connectivity index (χ0v) is 10.6. The molecule has 0 aliphatic heterocycles. The Labute approximate surface area is 111 Å². The summed E-state index contributed by atoms with van der Waals surface area (Å²) in [5.41, 5.74) is 8.19. The van der Waals surface area contributed by atoms with Crippen LogP contribution >= 0.6 is 0 Å². The monoisotopic (exact) mass is 250 g/mol. The van der Waals surface area contributed by atoms with E-state index < -0.39 is 0 Å². The highest BCUT2D eigenvalue weighted by Gasteiger charge is 2.13. The fourth-order valence-electron chi connectivity index (χ4n) is 2.22. The van der Waals surface area contributed by atoms with Gasteiger partial charge in [0.2, 0.25) is 0 Å². The van der Waals surface area contributed by atoms with E-state index in [1.165, 1.54) is 0 Å². The van der Waals surface area contributed by atoms with Crippen molar-refractivity contribution in [3.8, 4) is 0 Å². The van der Waals surface area contributed by atoms with Gasteiger partial charge in [0.1, 0.15) is 5.82 Å². The van der Waals surface area contributed by atoms with Gasteiger partial charge in [-0.1, -0.05) is 18.2 Å². The van der Waals surface area contributed by atoms with Gasteiger partial charge in [0.05, 0.1) is 11.7 Å². The van der Waals surface area contributed by atoms with Crippen LogP contribution in [0.15, 0.2) is 48.9 Å². The molecule has 2 heterocycles. The average Bonchev–Trinajstić information content (AvgIpc) is 2.46. The molecule has 3 aromatic rings. The van der Waals surface area contributed by atoms with E-state index in [4.69, 9.17) is 5.73 Å². The maximum atomic E-state index is 6.33. The van der Waals surface area contributed by atoms with Crippen LogP contribution in [0.2, 0.25) is 0 Å². The van der Waals surface area contributed by atoms with E-state index >= 15 is 0 Å². The van der Waals surface area contributed by atoms with Gasteiger partial charge in [-0.05, 0) is 30.0 Å². The first-order valence-electron chi connectivity index (χ1n) is 6.13. The molecule has 1 atom stereocenters. The van der Waals surface area contributed by atoms with Crippen LogP contribution in [-0.4, -0.2) is 15.0 Å². The lowest BCUT2D eigenvalue weighted by molar-refractivity contribution is 0.813. The van der Waals surface area contributed by atoms with Crippen LogP contribution in [-0.2, 0) is 0 Å². The van der Waals surface area contributed by atoms with E-state index in [0.717, 1.165) is 27.9 Å². The van der Waals surface area contributed by atoms with Gasteiger partial charge >= 0.3 is 0 Å². The SMILES string of the molecule is Cc1nccc(C(N)c2cccc3ccncc23)n1. The predicted octanol–water partition coefficient (Wildman–Crippen LogP) is 2.38. The van der Waals surface area contributed by atoms with Gasteiger partial charge in [-0.2, -0.15) is 0 Å². The molecule has 0 amide bonds. The van der Waals surface area contributed by atoms with Crippen molar-refractivity contribution in [1.82, 2.24) is 15.0 Å². The number of nitrogens with two attached hydrogens (primary N) is 1. The number of benzene rings is 1. The zero-order chi connectivity index (χ0) is 13.2. The summed E-state index contributed by atoms with van der Waals surface area (Å²) in [5, 5.41) is 2.20. The van der Waals surface area contributed by atoms with Crippen molar-refractivity contribution in [2.24, 2.45) is 5.73 Å². The van der Waals surface area contributed by atoms with Gasteiger partial charge in [-0.25, -0.2) is 9.97 Å². The van der Waals surface area contributed by atoms with Crippen LogP contribution in [0.4, 0.5) is 0 Å². The number of hydrogen-bond donors (Lipinski definition) is 1. The molecule has 0 radical (unpaired) electrons. The first kappa shape index (κ1) is 11.7. The molecule has 0 aliphatic carbocycles. The van der Waals surface area contributed by atoms with Crippen LogP contribution in [0, 0.1) is 6.92 Å². The maximum absolute atomic E-state index is 6.33.